The molecule has 0 N–H and O–H groups in total. The number of carbonyl (C=O) groups is 2. The monoisotopic (exact) mass is 584 g/mol. The lowest BCUT2D eigenvalue weighted by Crippen LogP contribution is -2.55. The summed E-state index contributed by atoms with van der Waals surface area (Å²) in [4.78, 5) is 26.9. The summed E-state index contributed by atoms with van der Waals surface area (Å²) in [5.41, 5.74) is 0. The van der Waals surface area contributed by atoms with E-state index in [1.807, 2.05) is 0 Å². The third-order valence-corrected chi connectivity index (χ3v) is 9.35. The Bertz CT molecular complexity index is 1270. The van der Waals surface area contributed by atoms with Gasteiger partial charge in [0, 0.05) is 35.1 Å². The Labute approximate surface area is 232 Å². The molecular formula is C26H30Cl2N2O7S. The van der Waals surface area contributed by atoms with Crippen LogP contribution in [0.1, 0.15) is 25.7 Å². The minimum atomic E-state index is -4.13. The lowest BCUT2D eigenvalue weighted by Gasteiger charge is -2.40. The molecule has 4 rings (SSSR count). The van der Waals surface area contributed by atoms with E-state index in [-0.39, 0.29) is 52.9 Å². The van der Waals surface area contributed by atoms with Gasteiger partial charge >= 0.3 is 0 Å². The maximum atomic E-state index is 13.9. The smallest absolute Gasteiger partial charge is 0.244 e. The SMILES string of the molecule is COc1ccc(OCCN2C[C@H](CC=O)C3CCCC(C2=O)N3S(=O)(=O)c2cc(Cl)cc(Cl)c2)cc1OC. The van der Waals surface area contributed by atoms with Gasteiger partial charge in [0.15, 0.2) is 11.5 Å². The molecule has 206 valence electrons. The van der Waals surface area contributed by atoms with Crippen LogP contribution in [0.15, 0.2) is 41.3 Å². The summed E-state index contributed by atoms with van der Waals surface area (Å²) in [6.45, 7) is 0.641. The number of aldehydes is 1. The van der Waals surface area contributed by atoms with Crippen molar-refractivity contribution in [2.45, 2.75) is 42.7 Å². The molecule has 0 radical (unpaired) electrons. The molecule has 38 heavy (non-hydrogen) atoms. The van der Waals surface area contributed by atoms with E-state index in [9.17, 15) is 18.0 Å². The van der Waals surface area contributed by atoms with Crippen LogP contribution in [0.3, 0.4) is 0 Å². The van der Waals surface area contributed by atoms with Crippen LogP contribution >= 0.6 is 23.2 Å². The molecular weight excluding hydrogens is 555 g/mol. The van der Waals surface area contributed by atoms with E-state index in [1.165, 1.54) is 29.6 Å². The fourth-order valence-electron chi connectivity index (χ4n) is 5.27. The number of halogens is 2. The molecule has 2 saturated heterocycles. The molecule has 0 saturated carbocycles. The van der Waals surface area contributed by atoms with Crippen LogP contribution in [0.4, 0.5) is 0 Å². The van der Waals surface area contributed by atoms with Crippen molar-refractivity contribution in [3.05, 3.63) is 46.4 Å². The number of ether oxygens (including phenoxy) is 3. The van der Waals surface area contributed by atoms with Crippen molar-refractivity contribution < 1.29 is 32.2 Å². The number of nitrogens with zero attached hydrogens (tertiary/aromatic N) is 2. The normalized spacial score (nSPS) is 22.1. The summed E-state index contributed by atoms with van der Waals surface area (Å²) < 4.78 is 45.5. The number of fused-ring (bicyclic) bond motifs is 2. The van der Waals surface area contributed by atoms with Crippen LogP contribution < -0.4 is 14.2 Å². The lowest BCUT2D eigenvalue weighted by atomic mass is 9.89. The van der Waals surface area contributed by atoms with Crippen molar-refractivity contribution in [3.63, 3.8) is 0 Å². The molecule has 2 fully saturated rings. The van der Waals surface area contributed by atoms with Gasteiger partial charge in [-0.05, 0) is 55.5 Å². The van der Waals surface area contributed by atoms with Gasteiger partial charge in [-0.1, -0.05) is 23.2 Å². The summed E-state index contributed by atoms with van der Waals surface area (Å²) in [7, 11) is -1.06. The molecule has 9 nitrogen and oxygen atoms in total. The average Bonchev–Trinajstić information content (AvgIpc) is 2.96. The average molecular weight is 586 g/mol. The van der Waals surface area contributed by atoms with Gasteiger partial charge in [-0.15, -0.1) is 0 Å². The first-order chi connectivity index (χ1) is 18.2. The van der Waals surface area contributed by atoms with Gasteiger partial charge in [0.25, 0.3) is 0 Å². The molecule has 0 aromatic heterocycles. The molecule has 12 heteroatoms. The van der Waals surface area contributed by atoms with Crippen LogP contribution in [0.5, 0.6) is 17.2 Å². The largest absolute Gasteiger partial charge is 0.493 e. The van der Waals surface area contributed by atoms with Gasteiger partial charge in [-0.3, -0.25) is 4.79 Å². The van der Waals surface area contributed by atoms with Gasteiger partial charge < -0.3 is 23.9 Å². The molecule has 3 atom stereocenters. The molecule has 1 amide bonds. The highest BCUT2D eigenvalue weighted by molar-refractivity contribution is 7.89. The number of piperidine rings is 1. The van der Waals surface area contributed by atoms with E-state index in [0.29, 0.717) is 36.5 Å². The van der Waals surface area contributed by atoms with Gasteiger partial charge in [0.1, 0.15) is 24.7 Å². The van der Waals surface area contributed by atoms with Crippen molar-refractivity contribution in [1.29, 1.82) is 0 Å². The Balaban J connectivity index is 1.59. The molecule has 0 spiro atoms. The lowest BCUT2D eigenvalue weighted by molar-refractivity contribution is -0.135. The Morgan fingerprint density at radius 1 is 1.03 bits per heavy atom. The number of benzene rings is 2. The van der Waals surface area contributed by atoms with Crippen LogP contribution in [-0.2, 0) is 19.6 Å². The number of amides is 1. The molecule has 2 unspecified atom stereocenters. The predicted molar refractivity (Wildman–Crippen MR) is 143 cm³/mol. The van der Waals surface area contributed by atoms with E-state index in [2.05, 4.69) is 0 Å². The standard InChI is InChI=1S/C26H30Cl2N2O7S/c1-35-24-7-6-20(15-25(24)36-2)37-11-9-29-16-17(8-10-31)22-4-3-5-23(26(29)32)30(22)38(33,34)21-13-18(27)12-19(28)14-21/h6-7,10,12-15,17,22-23H,3-5,8-9,11,16H2,1-2H3/t17-,22?,23?/m0/s1. The molecule has 2 heterocycles. The zero-order chi connectivity index (χ0) is 27.4. The second-order valence-electron chi connectivity index (χ2n) is 9.27. The number of hydrogen-bond donors (Lipinski definition) is 0. The van der Waals surface area contributed by atoms with Gasteiger partial charge in [-0.25, -0.2) is 8.42 Å². The zero-order valence-electron chi connectivity index (χ0n) is 21.1. The van der Waals surface area contributed by atoms with E-state index < -0.39 is 22.1 Å². The summed E-state index contributed by atoms with van der Waals surface area (Å²) in [6, 6.07) is 7.85. The number of hydrogen-bond acceptors (Lipinski definition) is 7. The van der Waals surface area contributed by atoms with Gasteiger partial charge in [0.2, 0.25) is 15.9 Å². The van der Waals surface area contributed by atoms with Crippen molar-refractivity contribution in [1.82, 2.24) is 9.21 Å². The third kappa shape index (κ3) is 5.88. The van der Waals surface area contributed by atoms with E-state index in [1.54, 1.807) is 30.2 Å². The maximum Gasteiger partial charge on any atom is 0.244 e. The molecule has 2 aliphatic heterocycles. The van der Waals surface area contributed by atoms with Crippen LogP contribution in [0.25, 0.3) is 0 Å². The van der Waals surface area contributed by atoms with Crippen LogP contribution in [0, 0.1) is 5.92 Å². The van der Waals surface area contributed by atoms with Crippen molar-refractivity contribution in [2.24, 2.45) is 5.92 Å². The van der Waals surface area contributed by atoms with Crippen molar-refractivity contribution in [2.75, 3.05) is 33.9 Å². The van der Waals surface area contributed by atoms with E-state index in [0.717, 1.165) is 6.29 Å². The summed E-state index contributed by atoms with van der Waals surface area (Å²) >= 11 is 12.2. The first-order valence-corrected chi connectivity index (χ1v) is 14.5. The molecule has 2 aromatic carbocycles. The highest BCUT2D eigenvalue weighted by Gasteiger charge is 2.50. The van der Waals surface area contributed by atoms with Gasteiger partial charge in [0.05, 0.1) is 25.7 Å². The van der Waals surface area contributed by atoms with E-state index in [4.69, 9.17) is 37.4 Å². The zero-order valence-corrected chi connectivity index (χ0v) is 23.5. The molecule has 0 aliphatic carbocycles. The Morgan fingerprint density at radius 3 is 2.39 bits per heavy atom. The van der Waals surface area contributed by atoms with Crippen LogP contribution in [0.2, 0.25) is 10.0 Å². The molecule has 2 aliphatic rings. The highest BCUT2D eigenvalue weighted by Crippen LogP contribution is 2.39. The van der Waals surface area contributed by atoms with Crippen molar-refractivity contribution in [3.8, 4) is 17.2 Å². The quantitative estimate of drug-likeness (QED) is 0.388. The molecule has 2 aromatic rings. The first-order valence-electron chi connectivity index (χ1n) is 12.3. The minimum absolute atomic E-state index is 0.0743. The fraction of sp³-hybridized carbons (Fsp3) is 0.462. The van der Waals surface area contributed by atoms with Crippen LogP contribution in [-0.4, -0.2) is 75.8 Å². The summed E-state index contributed by atoms with van der Waals surface area (Å²) in [5, 5.41) is 0.363. The number of rotatable bonds is 10. The van der Waals surface area contributed by atoms with E-state index >= 15 is 0 Å². The van der Waals surface area contributed by atoms with Gasteiger partial charge in [-0.2, -0.15) is 4.31 Å². The van der Waals surface area contributed by atoms with Crippen molar-refractivity contribution >= 4 is 45.4 Å². The second-order valence-corrected chi connectivity index (χ2v) is 12.0. The Hall–Kier alpha value is -2.53. The summed E-state index contributed by atoms with van der Waals surface area (Å²) in [5.74, 6) is 0.935. The second kappa shape index (κ2) is 12.1. The minimum Gasteiger partial charge on any atom is -0.493 e. The summed E-state index contributed by atoms with van der Waals surface area (Å²) in [6.07, 6.45) is 2.51. The first kappa shape index (κ1) is 28.5. The highest BCUT2D eigenvalue weighted by atomic mass is 35.5. The maximum absolute atomic E-state index is 13.9. The molecule has 2 bridgehead atoms. The fourth-order valence-corrected chi connectivity index (χ4v) is 7.88. The Morgan fingerprint density at radius 2 is 1.74 bits per heavy atom. The Kier molecular flexibility index (Phi) is 9.07. The number of sulfonamides is 1. The predicted octanol–water partition coefficient (Wildman–Crippen LogP) is 4.05. The number of carbonyl (C=O) groups excluding carboxylic acids is 2. The number of methoxy groups -OCH3 is 2. The topological polar surface area (TPSA) is 102 Å². The third-order valence-electron chi connectivity index (χ3n) is 7.00.